The van der Waals surface area contributed by atoms with Crippen molar-refractivity contribution in [1.29, 1.82) is 0 Å². The quantitative estimate of drug-likeness (QED) is 0.272. The van der Waals surface area contributed by atoms with Gasteiger partial charge in [-0.15, -0.1) is 11.8 Å². The molecule has 1 atom stereocenters. The molecule has 1 fully saturated rings. The molecule has 4 aromatic rings. The SMILES string of the molecule is Cc1c(NC(=O)CSc2ccccc2C(=O)N2CCN(c3ccc(C(F)(F)F)cc3)C(C)C2)c(=O)n(-c2ccccc2)n1C. The van der Waals surface area contributed by atoms with Gasteiger partial charge in [-0.25, -0.2) is 4.68 Å². The first-order valence-electron chi connectivity index (χ1n) is 14.0. The third-order valence-electron chi connectivity index (χ3n) is 7.74. The second-order valence-corrected chi connectivity index (χ2v) is 11.6. The van der Waals surface area contributed by atoms with E-state index in [2.05, 4.69) is 5.32 Å². The summed E-state index contributed by atoms with van der Waals surface area (Å²) in [6.07, 6.45) is -4.40. The molecule has 1 aliphatic rings. The number of anilines is 2. The zero-order chi connectivity index (χ0) is 31.6. The molecule has 0 radical (unpaired) electrons. The fourth-order valence-corrected chi connectivity index (χ4v) is 6.18. The van der Waals surface area contributed by atoms with Crippen molar-refractivity contribution >= 4 is 35.0 Å². The number of carbonyl (C=O) groups excluding carboxylic acids is 2. The molecule has 1 aliphatic heterocycles. The summed E-state index contributed by atoms with van der Waals surface area (Å²) in [7, 11) is 1.75. The lowest BCUT2D eigenvalue weighted by Gasteiger charge is -2.41. The number of carbonyl (C=O) groups is 2. The zero-order valence-electron chi connectivity index (χ0n) is 24.5. The van der Waals surface area contributed by atoms with Crippen LogP contribution in [0, 0.1) is 6.92 Å². The third-order valence-corrected chi connectivity index (χ3v) is 8.81. The Labute approximate surface area is 257 Å². The van der Waals surface area contributed by atoms with Crippen LogP contribution in [0.5, 0.6) is 0 Å². The molecule has 2 amide bonds. The highest BCUT2D eigenvalue weighted by atomic mass is 32.2. The van der Waals surface area contributed by atoms with E-state index >= 15 is 0 Å². The van der Waals surface area contributed by atoms with Gasteiger partial charge in [0.2, 0.25) is 5.91 Å². The average Bonchev–Trinajstić information content (AvgIpc) is 3.22. The van der Waals surface area contributed by atoms with Crippen LogP contribution < -0.4 is 15.8 Å². The molecule has 0 bridgehead atoms. The molecule has 1 saturated heterocycles. The highest BCUT2D eigenvalue weighted by Gasteiger charge is 2.32. The Morgan fingerprint density at radius 1 is 0.932 bits per heavy atom. The number of hydrogen-bond donors (Lipinski definition) is 1. The van der Waals surface area contributed by atoms with Crippen molar-refractivity contribution in [2.45, 2.75) is 31.0 Å². The van der Waals surface area contributed by atoms with Crippen LogP contribution in [-0.2, 0) is 18.0 Å². The standard InChI is InChI=1S/C32H32F3N5O3S/c1-21-19-38(17-18-39(21)24-15-13-23(14-16-24)32(33,34)35)30(42)26-11-7-8-12-27(26)44-20-28(41)36-29-22(2)37(3)40(31(29)43)25-9-5-4-6-10-25/h4-16,21H,17-20H2,1-3H3,(H,36,41). The van der Waals surface area contributed by atoms with Gasteiger partial charge in [-0.1, -0.05) is 30.3 Å². The topological polar surface area (TPSA) is 79.6 Å². The van der Waals surface area contributed by atoms with Crippen LogP contribution in [0.15, 0.2) is 88.6 Å². The van der Waals surface area contributed by atoms with Crippen molar-refractivity contribution in [2.24, 2.45) is 7.05 Å². The Morgan fingerprint density at radius 2 is 1.59 bits per heavy atom. The molecule has 1 aromatic heterocycles. The molecule has 1 N–H and O–H groups in total. The lowest BCUT2D eigenvalue weighted by Crippen LogP contribution is -2.53. The molecule has 8 nitrogen and oxygen atoms in total. The van der Waals surface area contributed by atoms with Gasteiger partial charge in [-0.2, -0.15) is 13.2 Å². The van der Waals surface area contributed by atoms with Gasteiger partial charge in [0.05, 0.1) is 28.3 Å². The maximum atomic E-state index is 13.6. The van der Waals surface area contributed by atoms with Gasteiger partial charge in [0, 0.05) is 43.3 Å². The molecule has 0 spiro atoms. The first-order valence-corrected chi connectivity index (χ1v) is 15.0. The van der Waals surface area contributed by atoms with Gasteiger partial charge in [0.15, 0.2) is 0 Å². The van der Waals surface area contributed by atoms with Crippen molar-refractivity contribution < 1.29 is 22.8 Å². The summed E-state index contributed by atoms with van der Waals surface area (Å²) in [5.74, 6) is -0.569. The number of thioether (sulfide) groups is 1. The predicted molar refractivity (Wildman–Crippen MR) is 166 cm³/mol. The first kappa shape index (κ1) is 31.0. The summed E-state index contributed by atoms with van der Waals surface area (Å²) >= 11 is 1.21. The van der Waals surface area contributed by atoms with E-state index < -0.39 is 11.7 Å². The minimum atomic E-state index is -4.40. The highest BCUT2D eigenvalue weighted by molar-refractivity contribution is 8.00. The molecule has 0 aliphatic carbocycles. The summed E-state index contributed by atoms with van der Waals surface area (Å²) in [5, 5.41) is 2.75. The van der Waals surface area contributed by atoms with Crippen LogP contribution in [0.4, 0.5) is 24.5 Å². The van der Waals surface area contributed by atoms with Gasteiger partial charge in [0.25, 0.3) is 11.5 Å². The second kappa shape index (κ2) is 12.7. The molecular formula is C32H32F3N5O3S. The second-order valence-electron chi connectivity index (χ2n) is 10.6. The maximum absolute atomic E-state index is 13.6. The number of rotatable bonds is 7. The van der Waals surface area contributed by atoms with Gasteiger partial charge in [-0.05, 0) is 62.4 Å². The van der Waals surface area contributed by atoms with Gasteiger partial charge in [-0.3, -0.25) is 19.1 Å². The molecule has 5 rings (SSSR count). The Kier molecular flexibility index (Phi) is 8.91. The van der Waals surface area contributed by atoms with Crippen LogP contribution in [0.25, 0.3) is 5.69 Å². The lowest BCUT2D eigenvalue weighted by atomic mass is 10.1. The minimum absolute atomic E-state index is 0.0124. The zero-order valence-corrected chi connectivity index (χ0v) is 25.3. The molecule has 230 valence electrons. The van der Waals surface area contributed by atoms with Crippen molar-refractivity contribution in [3.63, 3.8) is 0 Å². The first-order chi connectivity index (χ1) is 21.0. The fourth-order valence-electron chi connectivity index (χ4n) is 5.34. The van der Waals surface area contributed by atoms with Crippen LogP contribution in [0.3, 0.4) is 0 Å². The number of aromatic nitrogens is 2. The number of halogens is 3. The van der Waals surface area contributed by atoms with Crippen LogP contribution in [0.2, 0.25) is 0 Å². The summed E-state index contributed by atoms with van der Waals surface area (Å²) < 4.78 is 42.1. The summed E-state index contributed by atoms with van der Waals surface area (Å²) in [6.45, 7) is 4.94. The van der Waals surface area contributed by atoms with E-state index in [4.69, 9.17) is 0 Å². The van der Waals surface area contributed by atoms with Crippen LogP contribution >= 0.6 is 11.8 Å². The lowest BCUT2D eigenvalue weighted by molar-refractivity contribution is -0.137. The fraction of sp³-hybridized carbons (Fsp3) is 0.281. The summed E-state index contributed by atoms with van der Waals surface area (Å²) in [6, 6.07) is 21.1. The number of hydrogen-bond acceptors (Lipinski definition) is 5. The third kappa shape index (κ3) is 6.40. The van der Waals surface area contributed by atoms with E-state index in [9.17, 15) is 27.6 Å². The number of alkyl halides is 3. The van der Waals surface area contributed by atoms with E-state index in [0.717, 1.165) is 12.1 Å². The normalized spacial score (nSPS) is 15.4. The highest BCUT2D eigenvalue weighted by Crippen LogP contribution is 2.32. The van der Waals surface area contributed by atoms with Crippen molar-refractivity contribution in [3.05, 3.63) is 106 Å². The summed E-state index contributed by atoms with van der Waals surface area (Å²) in [4.78, 5) is 44.1. The number of nitrogens with zero attached hydrogens (tertiary/aromatic N) is 4. The molecule has 0 saturated carbocycles. The van der Waals surface area contributed by atoms with Gasteiger partial charge in [0.1, 0.15) is 5.69 Å². The Morgan fingerprint density at radius 3 is 2.25 bits per heavy atom. The molecule has 1 unspecified atom stereocenters. The van der Waals surface area contributed by atoms with Crippen molar-refractivity contribution in [2.75, 3.05) is 35.6 Å². The molecule has 2 heterocycles. The number of amides is 2. The molecule has 44 heavy (non-hydrogen) atoms. The Hall–Kier alpha value is -4.45. The number of benzene rings is 3. The number of para-hydroxylation sites is 1. The van der Waals surface area contributed by atoms with E-state index in [1.54, 1.807) is 47.8 Å². The summed E-state index contributed by atoms with van der Waals surface area (Å²) in [5.41, 5.74) is 1.58. The maximum Gasteiger partial charge on any atom is 0.416 e. The predicted octanol–water partition coefficient (Wildman–Crippen LogP) is 5.58. The van der Waals surface area contributed by atoms with Crippen LogP contribution in [-0.4, -0.2) is 57.5 Å². The largest absolute Gasteiger partial charge is 0.416 e. The number of nitrogens with one attached hydrogen (secondary N) is 1. The van der Waals surface area contributed by atoms with Gasteiger partial charge >= 0.3 is 6.18 Å². The monoisotopic (exact) mass is 623 g/mol. The van der Waals surface area contributed by atoms with Crippen molar-refractivity contribution in [3.8, 4) is 5.69 Å². The minimum Gasteiger partial charge on any atom is -0.365 e. The van der Waals surface area contributed by atoms with E-state index in [1.807, 2.05) is 42.2 Å². The van der Waals surface area contributed by atoms with Crippen molar-refractivity contribution in [1.82, 2.24) is 14.3 Å². The van der Waals surface area contributed by atoms with E-state index in [0.29, 0.717) is 47.2 Å². The molecule has 3 aromatic carbocycles. The van der Waals surface area contributed by atoms with E-state index in [-0.39, 0.29) is 34.9 Å². The number of piperazine rings is 1. The van der Waals surface area contributed by atoms with E-state index in [1.165, 1.54) is 28.6 Å². The van der Waals surface area contributed by atoms with Crippen LogP contribution in [0.1, 0.15) is 28.5 Å². The Balaban J connectivity index is 1.23. The average molecular weight is 624 g/mol. The molecular weight excluding hydrogens is 591 g/mol. The molecule has 12 heteroatoms. The smallest absolute Gasteiger partial charge is 0.365 e. The Bertz CT molecular complexity index is 1720. The van der Waals surface area contributed by atoms with Gasteiger partial charge < -0.3 is 15.1 Å².